The molecule has 2 saturated carbocycles. The lowest BCUT2D eigenvalue weighted by atomic mass is 10.4. The van der Waals surface area contributed by atoms with E-state index in [0.717, 1.165) is 12.0 Å². The van der Waals surface area contributed by atoms with Crippen molar-refractivity contribution in [2.75, 3.05) is 0 Å². The van der Waals surface area contributed by atoms with Gasteiger partial charge in [-0.25, -0.2) is 0 Å². The van der Waals surface area contributed by atoms with Crippen LogP contribution in [0.4, 0.5) is 0 Å². The van der Waals surface area contributed by atoms with Gasteiger partial charge in [0.25, 0.3) is 0 Å². The Balaban J connectivity index is 2.26. The second kappa shape index (κ2) is 0.481. The fraction of sp³-hybridized carbons (Fsp3) is 0.667. The molecule has 0 aromatic heterocycles. The number of allylic oxidation sites excluding steroid dienone is 1. The third kappa shape index (κ3) is 0.149. The molecule has 0 atom stereocenters. The van der Waals surface area contributed by atoms with Crippen molar-refractivity contribution in [2.24, 2.45) is 5.41 Å². The van der Waals surface area contributed by atoms with Gasteiger partial charge in [-0.05, 0) is 24.7 Å². The first-order chi connectivity index (χ1) is 3.75. The number of hydrogen-bond donors (Lipinski definition) is 0. The highest BCUT2D eigenvalue weighted by atomic mass is 14.6. The van der Waals surface area contributed by atoms with E-state index in [0.29, 0.717) is 5.41 Å². The zero-order chi connectivity index (χ0) is 5.78. The average Bonchev–Trinajstić information content (AvgIpc) is 2.50. The maximum atomic E-state index is 6.94. The molecule has 32 valence electrons. The summed E-state index contributed by atoms with van der Waals surface area (Å²) in [6.07, 6.45) is 3.57. The predicted molar refractivity (Wildman–Crippen MR) is 25.4 cm³/mol. The quantitative estimate of drug-likeness (QED) is 0.390. The van der Waals surface area contributed by atoms with Crippen LogP contribution in [-0.2, 0) is 0 Å². The van der Waals surface area contributed by atoms with Gasteiger partial charge in [0.1, 0.15) is 0 Å². The predicted octanol–water partition coefficient (Wildman–Crippen LogP) is 1.73. The average molecular weight is 82.1 g/mol. The van der Waals surface area contributed by atoms with E-state index in [2.05, 4.69) is 0 Å². The first-order valence-electron chi connectivity index (χ1n) is 3.41. The van der Waals surface area contributed by atoms with Crippen molar-refractivity contribution < 1.29 is 2.74 Å². The monoisotopic (exact) mass is 82.1 g/mol. The van der Waals surface area contributed by atoms with Crippen LogP contribution < -0.4 is 0 Å². The van der Waals surface area contributed by atoms with Crippen molar-refractivity contribution in [2.45, 2.75) is 19.3 Å². The van der Waals surface area contributed by atoms with E-state index in [1.165, 1.54) is 12.8 Å². The lowest BCUT2D eigenvalue weighted by Gasteiger charge is -1.63. The summed E-state index contributed by atoms with van der Waals surface area (Å²) >= 11 is 0. The number of hydrogen-bond acceptors (Lipinski definition) is 0. The van der Waals surface area contributed by atoms with Crippen LogP contribution in [0.5, 0.6) is 0 Å². The van der Waals surface area contributed by atoms with Gasteiger partial charge in [-0.15, -0.1) is 0 Å². The van der Waals surface area contributed by atoms with Gasteiger partial charge in [0.2, 0.25) is 0 Å². The van der Waals surface area contributed by atoms with Gasteiger partial charge >= 0.3 is 0 Å². The number of rotatable bonds is 0. The van der Waals surface area contributed by atoms with Crippen LogP contribution in [-0.4, -0.2) is 0 Å². The van der Waals surface area contributed by atoms with E-state index < -0.39 is 0 Å². The molecule has 2 aliphatic carbocycles. The third-order valence-electron chi connectivity index (χ3n) is 1.88. The molecule has 2 fully saturated rings. The Morgan fingerprint density at radius 2 is 2.67 bits per heavy atom. The minimum atomic E-state index is 0.0856. The Bertz CT molecular complexity index is 161. The highest BCUT2D eigenvalue weighted by Gasteiger charge is 2.56. The van der Waals surface area contributed by atoms with Gasteiger partial charge < -0.3 is 0 Å². The summed E-state index contributed by atoms with van der Waals surface area (Å²) in [6, 6.07) is 0. The van der Waals surface area contributed by atoms with Gasteiger partial charge in [-0.3, -0.25) is 0 Å². The van der Waals surface area contributed by atoms with Crippen molar-refractivity contribution in [3.05, 3.63) is 12.1 Å². The van der Waals surface area contributed by atoms with E-state index >= 15 is 0 Å². The molecular weight excluding hydrogens is 72.1 g/mol. The molecule has 0 radical (unpaired) electrons. The van der Waals surface area contributed by atoms with Crippen LogP contribution in [0.15, 0.2) is 12.1 Å². The zero-order valence-corrected chi connectivity index (χ0v) is 3.62. The molecule has 1 spiro atoms. The van der Waals surface area contributed by atoms with E-state index in [9.17, 15) is 0 Å². The summed E-state index contributed by atoms with van der Waals surface area (Å²) in [5.41, 5.74) is 1.55. The molecule has 0 bridgehead atoms. The van der Waals surface area contributed by atoms with Crippen LogP contribution in [0.3, 0.4) is 0 Å². The lowest BCUT2D eigenvalue weighted by Crippen LogP contribution is -1.54. The molecule has 0 saturated heterocycles. The first kappa shape index (κ1) is 1.69. The SMILES string of the molecule is [2H]C([2H])=C1CC12CC2. The summed E-state index contributed by atoms with van der Waals surface area (Å²) in [5, 5.41) is 0. The lowest BCUT2D eigenvalue weighted by molar-refractivity contribution is 0.940. The van der Waals surface area contributed by atoms with Crippen molar-refractivity contribution in [3.8, 4) is 0 Å². The van der Waals surface area contributed by atoms with Crippen LogP contribution in [0.1, 0.15) is 22.0 Å². The van der Waals surface area contributed by atoms with Crippen LogP contribution in [0.25, 0.3) is 0 Å². The molecule has 0 N–H and O–H groups in total. The topological polar surface area (TPSA) is 0 Å². The summed E-state index contributed by atoms with van der Waals surface area (Å²) in [5.74, 6) is 0. The molecule has 0 aromatic rings. The molecule has 2 aliphatic rings. The third-order valence-corrected chi connectivity index (χ3v) is 1.88. The molecule has 6 heavy (non-hydrogen) atoms. The van der Waals surface area contributed by atoms with Crippen molar-refractivity contribution in [1.82, 2.24) is 0 Å². The highest BCUT2D eigenvalue weighted by molar-refractivity contribution is 5.36. The summed E-state index contributed by atoms with van der Waals surface area (Å²) in [6.45, 7) is 0.0856. The van der Waals surface area contributed by atoms with Gasteiger partial charge in [0.05, 0.1) is 2.74 Å². The zero-order valence-electron chi connectivity index (χ0n) is 5.62. The molecule has 0 heteroatoms. The van der Waals surface area contributed by atoms with Gasteiger partial charge in [-0.2, -0.15) is 0 Å². The van der Waals surface area contributed by atoms with Crippen molar-refractivity contribution in [1.29, 1.82) is 0 Å². The fourth-order valence-electron chi connectivity index (χ4n) is 0.924. The van der Waals surface area contributed by atoms with Crippen LogP contribution in [0, 0.1) is 5.41 Å². The minimum absolute atomic E-state index is 0.0856. The molecule has 0 amide bonds. The Kier molecular flexibility index (Phi) is 0.135. The molecule has 2 rings (SSSR count). The Morgan fingerprint density at radius 3 is 2.83 bits per heavy atom. The molecule has 0 unspecified atom stereocenters. The van der Waals surface area contributed by atoms with Gasteiger partial charge in [0.15, 0.2) is 0 Å². The Hall–Kier alpha value is -0.260. The molecule has 0 aliphatic heterocycles. The Morgan fingerprint density at radius 1 is 1.83 bits per heavy atom. The van der Waals surface area contributed by atoms with Crippen molar-refractivity contribution >= 4 is 0 Å². The maximum absolute atomic E-state index is 6.94. The standard InChI is InChI=1S/C6H8/c1-5-4-6(5)2-3-6/h1-4H2/i1D2. The van der Waals surface area contributed by atoms with Crippen LogP contribution >= 0.6 is 0 Å². The normalized spacial score (nSPS) is 38.3. The van der Waals surface area contributed by atoms with E-state index in [1.54, 1.807) is 0 Å². The smallest absolute Gasteiger partial charge is 0.0537 e. The Labute approximate surface area is 40.7 Å². The summed E-state index contributed by atoms with van der Waals surface area (Å²) in [4.78, 5) is 0. The first-order valence-corrected chi connectivity index (χ1v) is 2.41. The van der Waals surface area contributed by atoms with E-state index in [4.69, 9.17) is 2.74 Å². The second-order valence-electron chi connectivity index (χ2n) is 2.44. The largest absolute Gasteiger partial charge is 0.0993 e. The molecule has 0 heterocycles. The second-order valence-corrected chi connectivity index (χ2v) is 2.44. The van der Waals surface area contributed by atoms with E-state index in [1.807, 2.05) is 0 Å². The molecular formula is C6H8. The van der Waals surface area contributed by atoms with Gasteiger partial charge in [-0.1, -0.05) is 12.1 Å². The van der Waals surface area contributed by atoms with Crippen LogP contribution in [0.2, 0.25) is 0 Å². The minimum Gasteiger partial charge on any atom is -0.0993 e. The fourth-order valence-corrected chi connectivity index (χ4v) is 0.924. The maximum Gasteiger partial charge on any atom is 0.0537 e. The van der Waals surface area contributed by atoms with E-state index in [-0.39, 0.29) is 6.53 Å². The molecule has 0 nitrogen and oxygen atoms in total. The van der Waals surface area contributed by atoms with Gasteiger partial charge in [0, 0.05) is 0 Å². The molecule has 0 aromatic carbocycles. The highest BCUT2D eigenvalue weighted by Crippen LogP contribution is 2.69. The summed E-state index contributed by atoms with van der Waals surface area (Å²) < 4.78 is 13.9. The van der Waals surface area contributed by atoms with Crippen molar-refractivity contribution in [3.63, 3.8) is 0 Å². The summed E-state index contributed by atoms with van der Waals surface area (Å²) in [7, 11) is 0.